The van der Waals surface area contributed by atoms with Gasteiger partial charge in [-0.15, -0.1) is 0 Å². The molecule has 0 bridgehead atoms. The van der Waals surface area contributed by atoms with Crippen LogP contribution in [0.2, 0.25) is 0 Å². The average Bonchev–Trinajstić information content (AvgIpc) is 2.22. The van der Waals surface area contributed by atoms with Crippen LogP contribution in [0.3, 0.4) is 0 Å². The number of hydrogen-bond donors (Lipinski definition) is 1. The molecule has 0 aromatic carbocycles. The molecule has 0 aliphatic heterocycles. The van der Waals surface area contributed by atoms with E-state index in [9.17, 15) is 9.59 Å². The molecule has 0 unspecified atom stereocenters. The zero-order valence-corrected chi connectivity index (χ0v) is 11.9. The first kappa shape index (κ1) is 16.1. The van der Waals surface area contributed by atoms with E-state index in [2.05, 4.69) is 5.32 Å². The molecule has 1 amide bonds. The first-order valence-electron chi connectivity index (χ1n) is 6.27. The summed E-state index contributed by atoms with van der Waals surface area (Å²) in [6.45, 7) is 8.09. The molecule has 0 saturated carbocycles. The van der Waals surface area contributed by atoms with Crippen molar-refractivity contribution in [2.75, 3.05) is 20.6 Å². The predicted molar refractivity (Wildman–Crippen MR) is 69.8 cm³/mol. The van der Waals surface area contributed by atoms with Crippen LogP contribution in [0.1, 0.15) is 34.1 Å². The van der Waals surface area contributed by atoms with Crippen molar-refractivity contribution in [1.29, 1.82) is 0 Å². The molecular formula is C13H26N2O2. The highest BCUT2D eigenvalue weighted by atomic mass is 16.2. The third-order valence-corrected chi connectivity index (χ3v) is 2.86. The van der Waals surface area contributed by atoms with Crippen LogP contribution in [-0.4, -0.2) is 43.3 Å². The Hall–Kier alpha value is -0.900. The molecule has 2 atom stereocenters. The van der Waals surface area contributed by atoms with Gasteiger partial charge in [0.1, 0.15) is 0 Å². The molecule has 0 aliphatic rings. The lowest BCUT2D eigenvalue weighted by molar-refractivity contribution is -0.131. The van der Waals surface area contributed by atoms with Gasteiger partial charge in [0, 0.05) is 5.92 Å². The Kier molecular flexibility index (Phi) is 7.04. The summed E-state index contributed by atoms with van der Waals surface area (Å²) in [5.74, 6) is 0.158. The van der Waals surface area contributed by atoms with Crippen molar-refractivity contribution in [3.05, 3.63) is 0 Å². The fourth-order valence-electron chi connectivity index (χ4n) is 1.59. The number of carbonyl (C=O) groups excluding carboxylic acids is 2. The van der Waals surface area contributed by atoms with Crippen LogP contribution in [0.4, 0.5) is 0 Å². The highest BCUT2D eigenvalue weighted by Gasteiger charge is 2.27. The normalized spacial score (nSPS) is 14.8. The summed E-state index contributed by atoms with van der Waals surface area (Å²) < 4.78 is 0. The number of ketones is 1. The maximum atomic E-state index is 12.0. The van der Waals surface area contributed by atoms with Crippen molar-refractivity contribution < 1.29 is 9.59 Å². The van der Waals surface area contributed by atoms with Gasteiger partial charge in [0.15, 0.2) is 5.78 Å². The summed E-state index contributed by atoms with van der Waals surface area (Å²) in [7, 11) is 3.67. The van der Waals surface area contributed by atoms with Gasteiger partial charge in [-0.25, -0.2) is 0 Å². The van der Waals surface area contributed by atoms with Crippen molar-refractivity contribution in [3.63, 3.8) is 0 Å². The smallest absolute Gasteiger partial charge is 0.234 e. The minimum atomic E-state index is -0.354. The van der Waals surface area contributed by atoms with Gasteiger partial charge in [-0.05, 0) is 20.0 Å². The van der Waals surface area contributed by atoms with E-state index in [1.165, 1.54) is 0 Å². The van der Waals surface area contributed by atoms with E-state index in [4.69, 9.17) is 0 Å². The second-order valence-corrected chi connectivity index (χ2v) is 5.23. The van der Waals surface area contributed by atoms with E-state index < -0.39 is 0 Å². The number of likely N-dealkylation sites (N-methyl/N-ethyl adjacent to an activating group) is 1. The zero-order valence-electron chi connectivity index (χ0n) is 11.9. The van der Waals surface area contributed by atoms with Crippen LogP contribution in [0.5, 0.6) is 0 Å². The van der Waals surface area contributed by atoms with E-state index in [-0.39, 0.29) is 29.6 Å². The zero-order chi connectivity index (χ0) is 13.6. The molecular weight excluding hydrogens is 216 g/mol. The number of nitrogens with zero attached hydrogens (tertiary/aromatic N) is 1. The molecule has 0 aromatic heterocycles. The van der Waals surface area contributed by atoms with Crippen LogP contribution in [-0.2, 0) is 9.59 Å². The Labute approximate surface area is 105 Å². The molecule has 1 N–H and O–H groups in total. The van der Waals surface area contributed by atoms with Gasteiger partial charge < -0.3 is 10.2 Å². The summed E-state index contributed by atoms with van der Waals surface area (Å²) in [5.41, 5.74) is 0. The molecule has 0 aromatic rings. The molecule has 0 aliphatic carbocycles. The summed E-state index contributed by atoms with van der Waals surface area (Å²) in [5, 5.41) is 2.85. The Bertz CT molecular complexity index is 262. The highest BCUT2D eigenvalue weighted by Crippen LogP contribution is 2.12. The van der Waals surface area contributed by atoms with E-state index in [1.807, 2.05) is 41.8 Å². The summed E-state index contributed by atoms with van der Waals surface area (Å²) >= 11 is 0. The lowest BCUT2D eigenvalue weighted by atomic mass is 9.90. The number of nitrogens with one attached hydrogen (secondary N) is 1. The fraction of sp³-hybridized carbons (Fsp3) is 0.846. The molecule has 0 spiro atoms. The van der Waals surface area contributed by atoms with Crippen LogP contribution < -0.4 is 5.32 Å². The first-order valence-corrected chi connectivity index (χ1v) is 6.27. The lowest BCUT2D eigenvalue weighted by Crippen LogP contribution is -2.49. The topological polar surface area (TPSA) is 49.4 Å². The van der Waals surface area contributed by atoms with E-state index in [1.54, 1.807) is 4.90 Å². The number of rotatable bonds is 7. The van der Waals surface area contributed by atoms with Crippen molar-refractivity contribution in [2.45, 2.75) is 40.2 Å². The number of amides is 1. The van der Waals surface area contributed by atoms with Gasteiger partial charge in [0.05, 0.1) is 12.6 Å². The Morgan fingerprint density at radius 1 is 1.18 bits per heavy atom. The molecule has 0 heterocycles. The van der Waals surface area contributed by atoms with Gasteiger partial charge in [0.2, 0.25) is 5.91 Å². The lowest BCUT2D eigenvalue weighted by Gasteiger charge is -2.25. The molecule has 17 heavy (non-hydrogen) atoms. The molecule has 4 nitrogen and oxygen atoms in total. The average molecular weight is 242 g/mol. The van der Waals surface area contributed by atoms with Gasteiger partial charge in [-0.2, -0.15) is 0 Å². The van der Waals surface area contributed by atoms with Crippen molar-refractivity contribution in [3.8, 4) is 0 Å². The Morgan fingerprint density at radius 3 is 2.06 bits per heavy atom. The Balaban J connectivity index is 4.60. The molecule has 0 saturated heterocycles. The monoisotopic (exact) mass is 242 g/mol. The number of Topliss-reactive ketones (excluding diaryl/α,β-unsaturated/α-hetero) is 1. The SMILES string of the molecule is CC[C@H](C)[C@H](NC(=O)CN(C)C)C(=O)C(C)C. The van der Waals surface area contributed by atoms with Crippen molar-refractivity contribution in [2.24, 2.45) is 11.8 Å². The Morgan fingerprint density at radius 2 is 1.71 bits per heavy atom. The summed E-state index contributed by atoms with van der Waals surface area (Å²) in [4.78, 5) is 25.5. The van der Waals surface area contributed by atoms with Crippen LogP contribution in [0.25, 0.3) is 0 Å². The third kappa shape index (κ3) is 5.82. The molecule has 0 radical (unpaired) electrons. The number of hydrogen-bond acceptors (Lipinski definition) is 3. The molecule has 100 valence electrons. The predicted octanol–water partition coefficient (Wildman–Crippen LogP) is 1.30. The minimum Gasteiger partial charge on any atom is -0.345 e. The molecule has 4 heteroatoms. The van der Waals surface area contributed by atoms with Gasteiger partial charge in [0.25, 0.3) is 0 Å². The van der Waals surface area contributed by atoms with Crippen molar-refractivity contribution in [1.82, 2.24) is 10.2 Å². The standard InChI is InChI=1S/C13H26N2O2/c1-7-10(4)12(13(17)9(2)3)14-11(16)8-15(5)6/h9-10,12H,7-8H2,1-6H3,(H,14,16)/t10-,12-/m0/s1. The largest absolute Gasteiger partial charge is 0.345 e. The maximum Gasteiger partial charge on any atom is 0.234 e. The van der Waals surface area contributed by atoms with Crippen LogP contribution in [0.15, 0.2) is 0 Å². The highest BCUT2D eigenvalue weighted by molar-refractivity contribution is 5.90. The second kappa shape index (κ2) is 7.43. The third-order valence-electron chi connectivity index (χ3n) is 2.86. The summed E-state index contributed by atoms with van der Waals surface area (Å²) in [6.07, 6.45) is 0.880. The molecule has 0 fully saturated rings. The minimum absolute atomic E-state index is 0.0475. The van der Waals surface area contributed by atoms with E-state index in [0.717, 1.165) is 6.42 Å². The van der Waals surface area contributed by atoms with Gasteiger partial charge >= 0.3 is 0 Å². The van der Waals surface area contributed by atoms with E-state index in [0.29, 0.717) is 6.54 Å². The van der Waals surface area contributed by atoms with Gasteiger partial charge in [-0.3, -0.25) is 9.59 Å². The maximum absolute atomic E-state index is 12.0. The molecule has 0 rings (SSSR count). The fourth-order valence-corrected chi connectivity index (χ4v) is 1.59. The van der Waals surface area contributed by atoms with Crippen molar-refractivity contribution >= 4 is 11.7 Å². The van der Waals surface area contributed by atoms with E-state index >= 15 is 0 Å². The number of carbonyl (C=O) groups is 2. The van der Waals surface area contributed by atoms with Gasteiger partial charge in [-0.1, -0.05) is 34.1 Å². The second-order valence-electron chi connectivity index (χ2n) is 5.23. The quantitative estimate of drug-likeness (QED) is 0.732. The van der Waals surface area contributed by atoms with Crippen LogP contribution in [0, 0.1) is 11.8 Å². The van der Waals surface area contributed by atoms with Crippen LogP contribution >= 0.6 is 0 Å². The summed E-state index contributed by atoms with van der Waals surface area (Å²) in [6, 6.07) is -0.354. The first-order chi connectivity index (χ1) is 7.79.